The van der Waals surface area contributed by atoms with Crippen LogP contribution in [0.5, 0.6) is 11.5 Å². The van der Waals surface area contributed by atoms with Gasteiger partial charge in [0, 0.05) is 0 Å². The molecule has 0 aliphatic carbocycles. The van der Waals surface area contributed by atoms with Crippen LogP contribution in [-0.4, -0.2) is 14.9 Å². The van der Waals surface area contributed by atoms with Gasteiger partial charge in [0.15, 0.2) is 11.5 Å². The summed E-state index contributed by atoms with van der Waals surface area (Å²) in [6, 6.07) is 6.16. The number of hydrogen-bond donors (Lipinski definition) is 0. The fourth-order valence-corrected chi connectivity index (χ4v) is 2.99. The van der Waals surface area contributed by atoms with Crippen molar-refractivity contribution in [3.63, 3.8) is 0 Å². The predicted molar refractivity (Wildman–Crippen MR) is 55.5 cm³/mol. The van der Waals surface area contributed by atoms with Gasteiger partial charge >= 0.3 is 0 Å². The number of rotatable bonds is 1. The Balaban J connectivity index is 2.54. The summed E-state index contributed by atoms with van der Waals surface area (Å²) in [7, 11) is -1.30. The van der Waals surface area contributed by atoms with Gasteiger partial charge in [-0.2, -0.15) is 0 Å². The van der Waals surface area contributed by atoms with Crippen LogP contribution in [-0.2, 0) is 0 Å². The highest BCUT2D eigenvalue weighted by Gasteiger charge is 2.26. The van der Waals surface area contributed by atoms with Gasteiger partial charge in [0.05, 0.1) is 8.07 Å². The Hall–Kier alpha value is -0.963. The van der Waals surface area contributed by atoms with Crippen LogP contribution >= 0.6 is 0 Å². The smallest absolute Gasteiger partial charge is 0.231 e. The minimum atomic E-state index is -1.30. The van der Waals surface area contributed by atoms with Crippen LogP contribution in [0.3, 0.4) is 0 Å². The molecule has 0 aromatic heterocycles. The van der Waals surface area contributed by atoms with Gasteiger partial charge in [0.2, 0.25) is 6.79 Å². The molecule has 0 spiro atoms. The van der Waals surface area contributed by atoms with Crippen molar-refractivity contribution in [2.24, 2.45) is 0 Å². The molecule has 70 valence electrons. The molecule has 13 heavy (non-hydrogen) atoms. The average molecular weight is 194 g/mol. The Morgan fingerprint density at radius 3 is 2.62 bits per heavy atom. The monoisotopic (exact) mass is 194 g/mol. The van der Waals surface area contributed by atoms with E-state index in [0.717, 1.165) is 11.5 Å². The fourth-order valence-electron chi connectivity index (χ4n) is 1.52. The highest BCUT2D eigenvalue weighted by molar-refractivity contribution is 6.89. The topological polar surface area (TPSA) is 18.5 Å². The van der Waals surface area contributed by atoms with Crippen molar-refractivity contribution in [3.8, 4) is 11.5 Å². The first-order valence-electron chi connectivity index (χ1n) is 4.48. The largest absolute Gasteiger partial charge is 0.454 e. The summed E-state index contributed by atoms with van der Waals surface area (Å²) in [5.74, 6) is 1.88. The molecular formula is C10H14O2Si. The van der Waals surface area contributed by atoms with Crippen LogP contribution in [0.2, 0.25) is 19.6 Å². The number of ether oxygens (including phenoxy) is 2. The molecular weight excluding hydrogens is 180 g/mol. The molecule has 2 rings (SSSR count). The van der Waals surface area contributed by atoms with Crippen LogP contribution in [0.25, 0.3) is 0 Å². The Kier molecular flexibility index (Phi) is 1.84. The van der Waals surface area contributed by atoms with Gasteiger partial charge in [-0.25, -0.2) is 0 Å². The van der Waals surface area contributed by atoms with Crippen LogP contribution in [0, 0.1) is 0 Å². The molecule has 0 bridgehead atoms. The van der Waals surface area contributed by atoms with E-state index in [0.29, 0.717) is 6.79 Å². The molecule has 0 fully saturated rings. The maximum atomic E-state index is 5.47. The van der Waals surface area contributed by atoms with Crippen molar-refractivity contribution in [1.82, 2.24) is 0 Å². The molecule has 1 aromatic rings. The maximum absolute atomic E-state index is 5.47. The summed E-state index contributed by atoms with van der Waals surface area (Å²) in [6.45, 7) is 7.30. The van der Waals surface area contributed by atoms with E-state index in [4.69, 9.17) is 9.47 Å². The first kappa shape index (κ1) is 8.63. The van der Waals surface area contributed by atoms with Crippen molar-refractivity contribution in [2.75, 3.05) is 6.79 Å². The zero-order valence-electron chi connectivity index (χ0n) is 8.26. The zero-order chi connectivity index (χ0) is 9.47. The Bertz CT molecular complexity index is 328. The second-order valence-corrected chi connectivity index (χ2v) is 9.33. The van der Waals surface area contributed by atoms with Crippen molar-refractivity contribution < 1.29 is 9.47 Å². The summed E-state index contributed by atoms with van der Waals surface area (Å²) in [4.78, 5) is 0. The lowest BCUT2D eigenvalue weighted by molar-refractivity contribution is 0.174. The molecule has 0 N–H and O–H groups in total. The van der Waals surface area contributed by atoms with Crippen LogP contribution in [0.1, 0.15) is 0 Å². The number of hydrogen-bond acceptors (Lipinski definition) is 2. The lowest BCUT2D eigenvalue weighted by Crippen LogP contribution is -2.38. The third-order valence-electron chi connectivity index (χ3n) is 2.20. The first-order valence-corrected chi connectivity index (χ1v) is 7.98. The normalized spacial score (nSPS) is 14.7. The van der Waals surface area contributed by atoms with Gasteiger partial charge in [-0.15, -0.1) is 0 Å². The second-order valence-electron chi connectivity index (χ2n) is 4.29. The molecule has 1 aliphatic heterocycles. The molecule has 0 atom stereocenters. The van der Waals surface area contributed by atoms with E-state index >= 15 is 0 Å². The summed E-state index contributed by atoms with van der Waals surface area (Å²) in [6.07, 6.45) is 0. The Morgan fingerprint density at radius 2 is 1.92 bits per heavy atom. The zero-order valence-corrected chi connectivity index (χ0v) is 9.26. The van der Waals surface area contributed by atoms with E-state index in [-0.39, 0.29) is 0 Å². The summed E-state index contributed by atoms with van der Waals surface area (Å²) < 4.78 is 10.8. The lowest BCUT2D eigenvalue weighted by atomic mass is 10.3. The Morgan fingerprint density at radius 1 is 1.15 bits per heavy atom. The standard InChI is InChI=1S/C10H14O2Si/c1-13(2,3)9-6-4-5-8-10(9)12-7-11-8/h4-6H,7H2,1-3H3. The molecule has 0 saturated carbocycles. The van der Waals surface area contributed by atoms with Gasteiger partial charge in [-0.05, 0) is 11.3 Å². The van der Waals surface area contributed by atoms with Crippen molar-refractivity contribution in [1.29, 1.82) is 0 Å². The SMILES string of the molecule is C[Si](C)(C)c1cccc2c1OCO2. The number of benzene rings is 1. The Labute approximate surface area is 79.5 Å². The van der Waals surface area contributed by atoms with Crippen molar-refractivity contribution >= 4 is 13.3 Å². The molecule has 0 radical (unpaired) electrons. The van der Waals surface area contributed by atoms with Crippen LogP contribution < -0.4 is 14.7 Å². The molecule has 3 heteroatoms. The van der Waals surface area contributed by atoms with E-state index < -0.39 is 8.07 Å². The molecule has 0 saturated heterocycles. The third-order valence-corrected chi connectivity index (χ3v) is 4.21. The third kappa shape index (κ3) is 1.44. The van der Waals surface area contributed by atoms with E-state index in [9.17, 15) is 0 Å². The summed E-state index contributed by atoms with van der Waals surface area (Å²) in [5, 5.41) is 1.35. The molecule has 1 heterocycles. The first-order chi connectivity index (χ1) is 6.09. The van der Waals surface area contributed by atoms with Crippen molar-refractivity contribution in [3.05, 3.63) is 18.2 Å². The lowest BCUT2D eigenvalue weighted by Gasteiger charge is -2.18. The van der Waals surface area contributed by atoms with E-state index in [2.05, 4.69) is 25.7 Å². The molecule has 0 amide bonds. The van der Waals surface area contributed by atoms with E-state index in [1.165, 1.54) is 5.19 Å². The molecule has 0 unspecified atom stereocenters. The van der Waals surface area contributed by atoms with E-state index in [1.54, 1.807) is 0 Å². The fraction of sp³-hybridized carbons (Fsp3) is 0.400. The van der Waals surface area contributed by atoms with Gasteiger partial charge < -0.3 is 9.47 Å². The van der Waals surface area contributed by atoms with Gasteiger partial charge in [-0.1, -0.05) is 31.8 Å². The number of fused-ring (bicyclic) bond motifs is 1. The van der Waals surface area contributed by atoms with Gasteiger partial charge in [-0.3, -0.25) is 0 Å². The second kappa shape index (κ2) is 2.77. The highest BCUT2D eigenvalue weighted by Crippen LogP contribution is 2.31. The number of para-hydroxylation sites is 1. The predicted octanol–water partition coefficient (Wildman–Crippen LogP) is 1.96. The van der Waals surface area contributed by atoms with Gasteiger partial charge in [0.1, 0.15) is 0 Å². The minimum Gasteiger partial charge on any atom is -0.454 e. The van der Waals surface area contributed by atoms with Crippen LogP contribution in [0.15, 0.2) is 18.2 Å². The molecule has 1 aromatic carbocycles. The molecule has 1 aliphatic rings. The van der Waals surface area contributed by atoms with Crippen LogP contribution in [0.4, 0.5) is 0 Å². The van der Waals surface area contributed by atoms with Crippen molar-refractivity contribution in [2.45, 2.75) is 19.6 Å². The quantitative estimate of drug-likeness (QED) is 0.636. The summed E-state index contributed by atoms with van der Waals surface area (Å²) >= 11 is 0. The summed E-state index contributed by atoms with van der Waals surface area (Å²) in [5.41, 5.74) is 0. The van der Waals surface area contributed by atoms with Gasteiger partial charge in [0.25, 0.3) is 0 Å². The minimum absolute atomic E-state index is 0.372. The average Bonchev–Trinajstić information content (AvgIpc) is 2.48. The maximum Gasteiger partial charge on any atom is 0.231 e. The molecule has 2 nitrogen and oxygen atoms in total. The highest BCUT2D eigenvalue weighted by atomic mass is 28.3. The van der Waals surface area contributed by atoms with E-state index in [1.807, 2.05) is 12.1 Å².